The first-order valence-electron chi connectivity index (χ1n) is 5.65. The first-order chi connectivity index (χ1) is 9.40. The lowest BCUT2D eigenvalue weighted by Gasteiger charge is -2.09. The topological polar surface area (TPSA) is 72.2 Å². The Kier molecular flexibility index (Phi) is 4.64. The van der Waals surface area contributed by atoms with E-state index in [-0.39, 0.29) is 17.3 Å². The van der Waals surface area contributed by atoms with Gasteiger partial charge in [-0.2, -0.15) is 11.3 Å². The molecule has 1 aromatic carbocycles. The van der Waals surface area contributed by atoms with Gasteiger partial charge in [-0.15, -0.1) is 0 Å². The number of anilines is 1. The minimum absolute atomic E-state index is 0.0714. The first kappa shape index (κ1) is 15.2. The van der Waals surface area contributed by atoms with E-state index in [1.165, 1.54) is 17.4 Å². The van der Waals surface area contributed by atoms with Crippen LogP contribution in [0.15, 0.2) is 33.9 Å². The van der Waals surface area contributed by atoms with Crippen molar-refractivity contribution in [2.24, 2.45) is 0 Å². The number of nitrogen functional groups attached to an aromatic ring is 1. The minimum Gasteiger partial charge on any atom is -0.396 e. The lowest BCUT2D eigenvalue weighted by Crippen LogP contribution is -2.27. The monoisotopic (exact) mass is 334 g/mol. The zero-order chi connectivity index (χ0) is 14.8. The molecular formula is C12H12ClFN2O2S2. The second kappa shape index (κ2) is 6.09. The predicted molar refractivity (Wildman–Crippen MR) is 79.0 cm³/mol. The number of hydrogen-bond donors (Lipinski definition) is 2. The average molecular weight is 335 g/mol. The number of thiophene rings is 1. The number of rotatable bonds is 5. The number of nitrogens with one attached hydrogen (secondary N) is 1. The summed E-state index contributed by atoms with van der Waals surface area (Å²) in [6.45, 7) is 0.172. The van der Waals surface area contributed by atoms with Gasteiger partial charge in [0.25, 0.3) is 0 Å². The summed E-state index contributed by atoms with van der Waals surface area (Å²) in [6.07, 6.45) is 0.528. The van der Waals surface area contributed by atoms with Crippen LogP contribution in [0.25, 0.3) is 0 Å². The molecular weight excluding hydrogens is 323 g/mol. The Balaban J connectivity index is 2.14. The molecule has 1 aromatic heterocycles. The molecule has 0 fully saturated rings. The Morgan fingerprint density at radius 2 is 2.15 bits per heavy atom. The molecule has 0 amide bonds. The molecule has 2 rings (SSSR count). The fraction of sp³-hybridized carbons (Fsp3) is 0.167. The van der Waals surface area contributed by atoms with Gasteiger partial charge in [-0.1, -0.05) is 11.6 Å². The summed E-state index contributed by atoms with van der Waals surface area (Å²) in [5.74, 6) is -0.988. The van der Waals surface area contributed by atoms with Gasteiger partial charge in [0.05, 0.1) is 5.69 Å². The van der Waals surface area contributed by atoms with Gasteiger partial charge in [-0.05, 0) is 40.9 Å². The van der Waals surface area contributed by atoms with Gasteiger partial charge >= 0.3 is 0 Å². The molecule has 0 radical (unpaired) electrons. The molecule has 0 aliphatic carbocycles. The Hall–Kier alpha value is -1.15. The van der Waals surface area contributed by atoms with Crippen LogP contribution in [-0.4, -0.2) is 15.0 Å². The van der Waals surface area contributed by atoms with Gasteiger partial charge < -0.3 is 5.73 Å². The van der Waals surface area contributed by atoms with Crippen LogP contribution in [-0.2, 0) is 16.4 Å². The molecule has 2 aromatic rings. The Labute approximate surface area is 125 Å². The number of hydrogen-bond acceptors (Lipinski definition) is 4. The van der Waals surface area contributed by atoms with Crippen molar-refractivity contribution in [1.29, 1.82) is 0 Å². The second-order valence-corrected chi connectivity index (χ2v) is 7.04. The maximum absolute atomic E-state index is 13.8. The standard InChI is InChI=1S/C12H12ClFN2O2S2/c13-9-5-10(15)12(14)11(6-9)20(17,18)16-3-1-8-2-4-19-7-8/h2,4-7,16H,1,3,15H2. The van der Waals surface area contributed by atoms with E-state index in [4.69, 9.17) is 17.3 Å². The fourth-order valence-corrected chi connectivity index (χ4v) is 3.78. The van der Waals surface area contributed by atoms with Gasteiger partial charge in [0, 0.05) is 11.6 Å². The van der Waals surface area contributed by atoms with Crippen molar-refractivity contribution in [1.82, 2.24) is 4.72 Å². The largest absolute Gasteiger partial charge is 0.396 e. The van der Waals surface area contributed by atoms with E-state index < -0.39 is 20.7 Å². The number of sulfonamides is 1. The molecule has 4 nitrogen and oxygen atoms in total. The molecule has 0 saturated heterocycles. The van der Waals surface area contributed by atoms with E-state index in [2.05, 4.69) is 4.72 Å². The van der Waals surface area contributed by atoms with Crippen molar-refractivity contribution in [3.63, 3.8) is 0 Å². The van der Waals surface area contributed by atoms with Crippen LogP contribution in [0.1, 0.15) is 5.56 Å². The van der Waals surface area contributed by atoms with Gasteiger partial charge in [0.1, 0.15) is 4.90 Å². The number of halogens is 2. The van der Waals surface area contributed by atoms with Crippen molar-refractivity contribution in [2.45, 2.75) is 11.3 Å². The van der Waals surface area contributed by atoms with Gasteiger partial charge in [-0.3, -0.25) is 0 Å². The van der Waals surface area contributed by atoms with Gasteiger partial charge in [0.2, 0.25) is 10.0 Å². The summed E-state index contributed by atoms with van der Waals surface area (Å²) in [5.41, 5.74) is 6.10. The molecule has 8 heteroatoms. The normalized spacial score (nSPS) is 11.7. The SMILES string of the molecule is Nc1cc(Cl)cc(S(=O)(=O)NCCc2ccsc2)c1F. The summed E-state index contributed by atoms with van der Waals surface area (Å²) >= 11 is 7.23. The molecule has 108 valence electrons. The van der Waals surface area contributed by atoms with Crippen LogP contribution in [0, 0.1) is 5.82 Å². The molecule has 3 N–H and O–H groups in total. The average Bonchev–Trinajstić information content (AvgIpc) is 2.86. The fourth-order valence-electron chi connectivity index (χ4n) is 1.62. The molecule has 20 heavy (non-hydrogen) atoms. The molecule has 0 aliphatic heterocycles. The van der Waals surface area contributed by atoms with Crippen molar-refractivity contribution < 1.29 is 12.8 Å². The number of nitrogens with two attached hydrogens (primary N) is 1. The predicted octanol–water partition coefficient (Wildman–Crippen LogP) is 2.64. The van der Waals surface area contributed by atoms with Crippen molar-refractivity contribution >= 4 is 38.6 Å². The van der Waals surface area contributed by atoms with Crippen LogP contribution >= 0.6 is 22.9 Å². The minimum atomic E-state index is -3.98. The van der Waals surface area contributed by atoms with Crippen molar-refractivity contribution in [3.05, 3.63) is 45.4 Å². The highest BCUT2D eigenvalue weighted by Crippen LogP contribution is 2.25. The molecule has 0 atom stereocenters. The molecule has 1 heterocycles. The van der Waals surface area contributed by atoms with Crippen LogP contribution < -0.4 is 10.5 Å². The number of benzene rings is 1. The van der Waals surface area contributed by atoms with Crippen LogP contribution in [0.2, 0.25) is 5.02 Å². The van der Waals surface area contributed by atoms with Crippen LogP contribution in [0.4, 0.5) is 10.1 Å². The molecule has 0 saturated carbocycles. The zero-order valence-corrected chi connectivity index (χ0v) is 12.7. The molecule has 0 spiro atoms. The maximum Gasteiger partial charge on any atom is 0.243 e. The van der Waals surface area contributed by atoms with E-state index in [1.54, 1.807) is 0 Å². The summed E-state index contributed by atoms with van der Waals surface area (Å²) in [7, 11) is -3.98. The third-order valence-corrected chi connectivity index (χ3v) is 5.02. The molecule has 0 aliphatic rings. The summed E-state index contributed by atoms with van der Waals surface area (Å²) in [6, 6.07) is 4.11. The summed E-state index contributed by atoms with van der Waals surface area (Å²) in [5, 5.41) is 3.90. The summed E-state index contributed by atoms with van der Waals surface area (Å²) in [4.78, 5) is -0.534. The van der Waals surface area contributed by atoms with Gasteiger partial charge in [0.15, 0.2) is 5.82 Å². The van der Waals surface area contributed by atoms with E-state index in [9.17, 15) is 12.8 Å². The zero-order valence-electron chi connectivity index (χ0n) is 10.3. The smallest absolute Gasteiger partial charge is 0.243 e. The quantitative estimate of drug-likeness (QED) is 0.826. The van der Waals surface area contributed by atoms with Crippen molar-refractivity contribution in [2.75, 3.05) is 12.3 Å². The highest BCUT2D eigenvalue weighted by molar-refractivity contribution is 7.89. The Morgan fingerprint density at radius 1 is 1.40 bits per heavy atom. The first-order valence-corrected chi connectivity index (χ1v) is 8.46. The third kappa shape index (κ3) is 3.49. The third-order valence-electron chi connectivity index (χ3n) is 2.61. The molecule has 0 bridgehead atoms. The Bertz CT molecular complexity index is 702. The van der Waals surface area contributed by atoms with Crippen LogP contribution in [0.3, 0.4) is 0 Å². The second-order valence-electron chi connectivity index (χ2n) is 4.09. The van der Waals surface area contributed by atoms with Crippen molar-refractivity contribution in [3.8, 4) is 0 Å². The van der Waals surface area contributed by atoms with E-state index in [0.29, 0.717) is 6.42 Å². The highest BCUT2D eigenvalue weighted by Gasteiger charge is 2.21. The van der Waals surface area contributed by atoms with E-state index >= 15 is 0 Å². The molecule has 0 unspecified atom stereocenters. The van der Waals surface area contributed by atoms with Crippen LogP contribution in [0.5, 0.6) is 0 Å². The highest BCUT2D eigenvalue weighted by atomic mass is 35.5. The summed E-state index contributed by atoms with van der Waals surface area (Å²) < 4.78 is 40.2. The van der Waals surface area contributed by atoms with E-state index in [1.807, 2.05) is 16.8 Å². The van der Waals surface area contributed by atoms with Gasteiger partial charge in [-0.25, -0.2) is 17.5 Å². The maximum atomic E-state index is 13.8. The Morgan fingerprint density at radius 3 is 2.80 bits per heavy atom. The van der Waals surface area contributed by atoms with E-state index in [0.717, 1.165) is 11.6 Å². The lowest BCUT2D eigenvalue weighted by molar-refractivity contribution is 0.559. The lowest BCUT2D eigenvalue weighted by atomic mass is 10.2.